The fourth-order valence-electron chi connectivity index (χ4n) is 2.87. The Balaban J connectivity index is 1.38. The van der Waals surface area contributed by atoms with E-state index < -0.39 is 0 Å². The predicted octanol–water partition coefficient (Wildman–Crippen LogP) is 1.22. The third-order valence-electron chi connectivity index (χ3n) is 3.95. The van der Waals surface area contributed by atoms with E-state index in [9.17, 15) is 0 Å². The van der Waals surface area contributed by atoms with E-state index >= 15 is 0 Å². The topological polar surface area (TPSA) is 46.0 Å². The fraction of sp³-hybridized carbons (Fsp3) is 0.500. The SMILES string of the molecule is Cn1cnc(CCNC2CCN(Cc3ccccc3)C2)n1. The lowest BCUT2D eigenvalue weighted by Gasteiger charge is -2.16. The van der Waals surface area contributed by atoms with Crippen molar-refractivity contribution in [3.63, 3.8) is 0 Å². The fourth-order valence-corrected chi connectivity index (χ4v) is 2.87. The highest BCUT2D eigenvalue weighted by molar-refractivity contribution is 5.14. The van der Waals surface area contributed by atoms with Crippen molar-refractivity contribution in [3.05, 3.63) is 48.0 Å². The molecule has 2 heterocycles. The van der Waals surface area contributed by atoms with Gasteiger partial charge in [0.25, 0.3) is 0 Å². The molecule has 2 aromatic rings. The van der Waals surface area contributed by atoms with Crippen molar-refractivity contribution in [2.75, 3.05) is 19.6 Å². The number of hydrogen-bond acceptors (Lipinski definition) is 4. The summed E-state index contributed by atoms with van der Waals surface area (Å²) in [6.07, 6.45) is 3.88. The summed E-state index contributed by atoms with van der Waals surface area (Å²) in [4.78, 5) is 6.77. The summed E-state index contributed by atoms with van der Waals surface area (Å²) in [6.45, 7) is 4.31. The van der Waals surface area contributed by atoms with Crippen LogP contribution in [-0.2, 0) is 20.0 Å². The summed E-state index contributed by atoms with van der Waals surface area (Å²) in [6, 6.07) is 11.3. The Morgan fingerprint density at radius 1 is 1.29 bits per heavy atom. The van der Waals surface area contributed by atoms with Crippen LogP contribution < -0.4 is 5.32 Å². The zero-order chi connectivity index (χ0) is 14.5. The minimum Gasteiger partial charge on any atom is -0.312 e. The van der Waals surface area contributed by atoms with Gasteiger partial charge in [0, 0.05) is 45.7 Å². The lowest BCUT2D eigenvalue weighted by atomic mass is 10.2. The van der Waals surface area contributed by atoms with Gasteiger partial charge in [0.05, 0.1) is 0 Å². The van der Waals surface area contributed by atoms with Crippen molar-refractivity contribution in [1.29, 1.82) is 0 Å². The molecule has 0 amide bonds. The second-order valence-electron chi connectivity index (χ2n) is 5.74. The molecule has 0 spiro atoms. The average molecular weight is 285 g/mol. The summed E-state index contributed by atoms with van der Waals surface area (Å²) in [5.41, 5.74) is 1.40. The van der Waals surface area contributed by atoms with Gasteiger partial charge >= 0.3 is 0 Å². The van der Waals surface area contributed by atoms with Crippen molar-refractivity contribution in [3.8, 4) is 0 Å². The Morgan fingerprint density at radius 2 is 2.14 bits per heavy atom. The van der Waals surface area contributed by atoms with Crippen LogP contribution in [0.5, 0.6) is 0 Å². The molecule has 1 aliphatic rings. The van der Waals surface area contributed by atoms with Gasteiger partial charge in [-0.05, 0) is 12.0 Å². The van der Waals surface area contributed by atoms with Gasteiger partial charge < -0.3 is 5.32 Å². The number of likely N-dealkylation sites (tertiary alicyclic amines) is 1. The van der Waals surface area contributed by atoms with Gasteiger partial charge in [0.15, 0.2) is 5.82 Å². The van der Waals surface area contributed by atoms with Crippen LogP contribution in [0.15, 0.2) is 36.7 Å². The molecule has 1 fully saturated rings. The highest BCUT2D eigenvalue weighted by Gasteiger charge is 2.21. The van der Waals surface area contributed by atoms with Gasteiger partial charge in [-0.2, -0.15) is 5.10 Å². The van der Waals surface area contributed by atoms with Gasteiger partial charge in [0.2, 0.25) is 0 Å². The summed E-state index contributed by atoms with van der Waals surface area (Å²) in [7, 11) is 1.91. The number of aryl methyl sites for hydroxylation is 1. The first-order valence-corrected chi connectivity index (χ1v) is 7.64. The van der Waals surface area contributed by atoms with Crippen LogP contribution in [0.2, 0.25) is 0 Å². The van der Waals surface area contributed by atoms with Gasteiger partial charge in [0.1, 0.15) is 6.33 Å². The van der Waals surface area contributed by atoms with Gasteiger partial charge in [-0.1, -0.05) is 30.3 Å². The minimum absolute atomic E-state index is 0.595. The number of rotatable bonds is 6. The molecule has 5 nitrogen and oxygen atoms in total. The average Bonchev–Trinajstić information content (AvgIpc) is 3.10. The Hall–Kier alpha value is -1.72. The molecule has 1 N–H and O–H groups in total. The Morgan fingerprint density at radius 3 is 2.90 bits per heavy atom. The van der Waals surface area contributed by atoms with Crippen molar-refractivity contribution < 1.29 is 0 Å². The molecule has 1 unspecified atom stereocenters. The monoisotopic (exact) mass is 285 g/mol. The molecular formula is C16H23N5. The van der Waals surface area contributed by atoms with Crippen molar-refractivity contribution in [1.82, 2.24) is 25.0 Å². The van der Waals surface area contributed by atoms with E-state index in [2.05, 4.69) is 50.6 Å². The van der Waals surface area contributed by atoms with Crippen molar-refractivity contribution >= 4 is 0 Å². The summed E-state index contributed by atoms with van der Waals surface area (Å²) in [5.74, 6) is 0.920. The maximum absolute atomic E-state index is 4.30. The van der Waals surface area contributed by atoms with E-state index in [-0.39, 0.29) is 0 Å². The lowest BCUT2D eigenvalue weighted by Crippen LogP contribution is -2.33. The van der Waals surface area contributed by atoms with Gasteiger partial charge in [-0.25, -0.2) is 4.98 Å². The van der Waals surface area contributed by atoms with Crippen LogP contribution in [0, 0.1) is 0 Å². The summed E-state index contributed by atoms with van der Waals surface area (Å²) < 4.78 is 1.76. The van der Waals surface area contributed by atoms with Crippen LogP contribution in [-0.4, -0.2) is 45.3 Å². The quantitative estimate of drug-likeness (QED) is 0.867. The largest absolute Gasteiger partial charge is 0.312 e. The number of aromatic nitrogens is 3. The van der Waals surface area contributed by atoms with Crippen LogP contribution in [0.25, 0.3) is 0 Å². The van der Waals surface area contributed by atoms with E-state index in [1.165, 1.54) is 18.5 Å². The van der Waals surface area contributed by atoms with E-state index in [0.717, 1.165) is 31.9 Å². The normalized spacial score (nSPS) is 19.2. The van der Waals surface area contributed by atoms with Crippen LogP contribution in [0.1, 0.15) is 17.8 Å². The molecule has 3 rings (SSSR count). The molecular weight excluding hydrogens is 262 g/mol. The molecule has 1 aliphatic heterocycles. The molecule has 5 heteroatoms. The highest BCUT2D eigenvalue weighted by atomic mass is 15.3. The first kappa shape index (κ1) is 14.2. The lowest BCUT2D eigenvalue weighted by molar-refractivity contribution is 0.320. The summed E-state index contributed by atoms with van der Waals surface area (Å²) >= 11 is 0. The Bertz CT molecular complexity index is 551. The second kappa shape index (κ2) is 6.83. The molecule has 1 aromatic heterocycles. The maximum Gasteiger partial charge on any atom is 0.151 e. The molecule has 112 valence electrons. The van der Waals surface area contributed by atoms with E-state index in [0.29, 0.717) is 6.04 Å². The van der Waals surface area contributed by atoms with Crippen LogP contribution in [0.4, 0.5) is 0 Å². The van der Waals surface area contributed by atoms with Crippen molar-refractivity contribution in [2.24, 2.45) is 7.05 Å². The molecule has 1 saturated heterocycles. The van der Waals surface area contributed by atoms with E-state index in [1.807, 2.05) is 7.05 Å². The molecule has 1 aromatic carbocycles. The first-order valence-electron chi connectivity index (χ1n) is 7.64. The number of hydrogen-bond donors (Lipinski definition) is 1. The number of nitrogens with zero attached hydrogens (tertiary/aromatic N) is 4. The van der Waals surface area contributed by atoms with Crippen LogP contribution >= 0.6 is 0 Å². The second-order valence-corrected chi connectivity index (χ2v) is 5.74. The molecule has 0 aliphatic carbocycles. The molecule has 0 radical (unpaired) electrons. The molecule has 0 bridgehead atoms. The molecule has 0 saturated carbocycles. The maximum atomic E-state index is 4.30. The van der Waals surface area contributed by atoms with E-state index in [1.54, 1.807) is 11.0 Å². The summed E-state index contributed by atoms with van der Waals surface area (Å²) in [5, 5.41) is 7.92. The zero-order valence-corrected chi connectivity index (χ0v) is 12.6. The third kappa shape index (κ3) is 4.12. The first-order chi connectivity index (χ1) is 10.3. The number of nitrogens with one attached hydrogen (secondary N) is 1. The third-order valence-corrected chi connectivity index (χ3v) is 3.95. The molecule has 21 heavy (non-hydrogen) atoms. The minimum atomic E-state index is 0.595. The van der Waals surface area contributed by atoms with Gasteiger partial charge in [-0.3, -0.25) is 9.58 Å². The van der Waals surface area contributed by atoms with Gasteiger partial charge in [-0.15, -0.1) is 0 Å². The zero-order valence-electron chi connectivity index (χ0n) is 12.6. The highest BCUT2D eigenvalue weighted by Crippen LogP contribution is 2.13. The predicted molar refractivity (Wildman–Crippen MR) is 82.8 cm³/mol. The standard InChI is InChI=1S/C16H23N5/c1-20-13-18-16(19-20)7-9-17-15-8-10-21(12-15)11-14-5-3-2-4-6-14/h2-6,13,15,17H,7-12H2,1H3. The van der Waals surface area contributed by atoms with E-state index in [4.69, 9.17) is 0 Å². The van der Waals surface area contributed by atoms with Crippen LogP contribution in [0.3, 0.4) is 0 Å². The Labute approximate surface area is 126 Å². The van der Waals surface area contributed by atoms with Crippen molar-refractivity contribution in [2.45, 2.75) is 25.4 Å². The number of benzene rings is 1. The molecule has 1 atom stereocenters. The Kier molecular flexibility index (Phi) is 4.62. The smallest absolute Gasteiger partial charge is 0.151 e.